The van der Waals surface area contributed by atoms with E-state index in [0.29, 0.717) is 18.5 Å². The van der Waals surface area contributed by atoms with Crippen LogP contribution in [0.15, 0.2) is 11.6 Å². The second-order valence-corrected chi connectivity index (χ2v) is 3.97. The van der Waals surface area contributed by atoms with Gasteiger partial charge in [0.1, 0.15) is 0 Å². The molecule has 1 aliphatic rings. The Labute approximate surface area is 102 Å². The quantitative estimate of drug-likeness (QED) is 0.538. The van der Waals surface area contributed by atoms with E-state index >= 15 is 0 Å². The lowest BCUT2D eigenvalue weighted by molar-refractivity contribution is -0.136. The van der Waals surface area contributed by atoms with Crippen LogP contribution in [0.4, 0.5) is 0 Å². The number of methoxy groups -OCH3 is 1. The van der Waals surface area contributed by atoms with Crippen LogP contribution in [0.25, 0.3) is 0 Å². The second-order valence-electron chi connectivity index (χ2n) is 3.97. The van der Waals surface area contributed by atoms with Gasteiger partial charge in [-0.25, -0.2) is 4.79 Å². The Bertz CT molecular complexity index is 313. The van der Waals surface area contributed by atoms with Crippen molar-refractivity contribution in [3.05, 3.63) is 11.6 Å². The van der Waals surface area contributed by atoms with E-state index in [-0.39, 0.29) is 17.9 Å². The number of carbonyl (C=O) groups is 2. The molecule has 0 saturated carbocycles. The van der Waals surface area contributed by atoms with Gasteiger partial charge in [-0.05, 0) is 19.3 Å². The third kappa shape index (κ3) is 4.19. The van der Waals surface area contributed by atoms with Crippen molar-refractivity contribution < 1.29 is 14.3 Å². The van der Waals surface area contributed by atoms with E-state index in [4.69, 9.17) is 0 Å². The molecule has 1 unspecified atom stereocenters. The van der Waals surface area contributed by atoms with Crippen LogP contribution in [-0.2, 0) is 14.3 Å². The second kappa shape index (κ2) is 7.06. The van der Waals surface area contributed by atoms with Gasteiger partial charge in [0, 0.05) is 18.7 Å². The molecule has 17 heavy (non-hydrogen) atoms. The van der Waals surface area contributed by atoms with E-state index in [1.807, 2.05) is 6.92 Å². The normalized spacial score (nSPS) is 20.9. The summed E-state index contributed by atoms with van der Waals surface area (Å²) in [6.45, 7) is 3.17. The van der Waals surface area contributed by atoms with E-state index in [2.05, 4.69) is 15.4 Å². The first-order valence-electron chi connectivity index (χ1n) is 5.97. The summed E-state index contributed by atoms with van der Waals surface area (Å²) in [4.78, 5) is 22.7. The fraction of sp³-hybridized carbons (Fsp3) is 0.667. The van der Waals surface area contributed by atoms with Gasteiger partial charge in [0.25, 0.3) is 0 Å². The molecular formula is C12H20N2O3. The first-order valence-corrected chi connectivity index (χ1v) is 5.97. The monoisotopic (exact) mass is 240 g/mol. The van der Waals surface area contributed by atoms with Crippen molar-refractivity contribution in [1.29, 1.82) is 0 Å². The van der Waals surface area contributed by atoms with Crippen molar-refractivity contribution >= 4 is 11.9 Å². The Kier molecular flexibility index (Phi) is 5.69. The predicted molar refractivity (Wildman–Crippen MR) is 64.4 cm³/mol. The predicted octanol–water partition coefficient (Wildman–Crippen LogP) is 0.364. The lowest BCUT2D eigenvalue weighted by Crippen LogP contribution is -2.48. The van der Waals surface area contributed by atoms with Gasteiger partial charge in [0.05, 0.1) is 13.2 Å². The number of ether oxygens (including phenoxy) is 1. The van der Waals surface area contributed by atoms with E-state index in [1.54, 1.807) is 6.08 Å². The van der Waals surface area contributed by atoms with Crippen LogP contribution in [0.5, 0.6) is 0 Å². The van der Waals surface area contributed by atoms with Crippen LogP contribution in [-0.4, -0.2) is 38.1 Å². The van der Waals surface area contributed by atoms with E-state index in [9.17, 15) is 9.59 Å². The van der Waals surface area contributed by atoms with Crippen LogP contribution in [0.1, 0.15) is 26.2 Å². The topological polar surface area (TPSA) is 67.4 Å². The zero-order valence-electron chi connectivity index (χ0n) is 10.4. The highest BCUT2D eigenvalue weighted by Gasteiger charge is 2.20. The van der Waals surface area contributed by atoms with Gasteiger partial charge in [-0.3, -0.25) is 4.79 Å². The molecule has 5 nitrogen and oxygen atoms in total. The van der Waals surface area contributed by atoms with E-state index < -0.39 is 0 Å². The Morgan fingerprint density at radius 2 is 2.41 bits per heavy atom. The summed E-state index contributed by atoms with van der Waals surface area (Å²) in [6, 6.07) is -0.143. The molecule has 1 heterocycles. The standard InChI is InChI=1S/C12H20N2O3/c1-3-9(12(16)17-2)6-8-13-10-5-4-7-14-11(10)15/h6,10,13H,3-5,7-8H2,1-2H3,(H,14,15). The minimum atomic E-state index is -0.303. The molecule has 0 radical (unpaired) electrons. The Morgan fingerprint density at radius 3 is 3.00 bits per heavy atom. The lowest BCUT2D eigenvalue weighted by Gasteiger charge is -2.22. The number of esters is 1. The van der Waals surface area contributed by atoms with Crippen molar-refractivity contribution in [2.75, 3.05) is 20.2 Å². The fourth-order valence-electron chi connectivity index (χ4n) is 1.79. The number of piperidine rings is 1. The molecule has 0 aliphatic carbocycles. The number of hydrogen-bond donors (Lipinski definition) is 2. The number of hydrogen-bond acceptors (Lipinski definition) is 4. The zero-order valence-corrected chi connectivity index (χ0v) is 10.4. The maximum Gasteiger partial charge on any atom is 0.333 e. The summed E-state index contributed by atoms with van der Waals surface area (Å²) in [7, 11) is 1.37. The number of nitrogens with one attached hydrogen (secondary N) is 2. The van der Waals surface area contributed by atoms with Gasteiger partial charge in [0.2, 0.25) is 5.91 Å². The molecule has 1 aliphatic heterocycles. The number of rotatable bonds is 5. The molecule has 0 aromatic carbocycles. The van der Waals surface area contributed by atoms with Crippen LogP contribution in [0, 0.1) is 0 Å². The Balaban J connectivity index is 2.41. The van der Waals surface area contributed by atoms with Crippen molar-refractivity contribution in [2.24, 2.45) is 0 Å². The lowest BCUT2D eigenvalue weighted by atomic mass is 10.1. The first-order chi connectivity index (χ1) is 8.19. The first kappa shape index (κ1) is 13.7. The Morgan fingerprint density at radius 1 is 1.65 bits per heavy atom. The smallest absolute Gasteiger partial charge is 0.333 e. The summed E-state index contributed by atoms with van der Waals surface area (Å²) in [5, 5.41) is 5.92. The fourth-order valence-corrected chi connectivity index (χ4v) is 1.79. The molecule has 0 spiro atoms. The van der Waals surface area contributed by atoms with Crippen molar-refractivity contribution in [3.63, 3.8) is 0 Å². The SMILES string of the molecule is CCC(=CCNC1CCCNC1=O)C(=O)OC. The van der Waals surface area contributed by atoms with Crippen LogP contribution >= 0.6 is 0 Å². The minimum absolute atomic E-state index is 0.0424. The molecule has 1 amide bonds. The molecule has 1 rings (SSSR count). The summed E-state index contributed by atoms with van der Waals surface area (Å²) in [6.07, 6.45) is 4.25. The Hall–Kier alpha value is -1.36. The van der Waals surface area contributed by atoms with Gasteiger partial charge < -0.3 is 15.4 Å². The third-order valence-electron chi connectivity index (χ3n) is 2.83. The minimum Gasteiger partial charge on any atom is -0.466 e. The highest BCUT2D eigenvalue weighted by atomic mass is 16.5. The molecule has 0 aromatic rings. The van der Waals surface area contributed by atoms with Gasteiger partial charge in [-0.1, -0.05) is 13.0 Å². The molecule has 2 N–H and O–H groups in total. The van der Waals surface area contributed by atoms with Crippen LogP contribution in [0.2, 0.25) is 0 Å². The molecule has 0 aromatic heterocycles. The number of amides is 1. The molecule has 1 atom stereocenters. The summed E-state index contributed by atoms with van der Waals surface area (Å²) < 4.78 is 4.65. The average Bonchev–Trinajstić information content (AvgIpc) is 2.36. The molecule has 0 bridgehead atoms. The maximum absolute atomic E-state index is 11.4. The average molecular weight is 240 g/mol. The maximum atomic E-state index is 11.4. The van der Waals surface area contributed by atoms with Crippen molar-refractivity contribution in [1.82, 2.24) is 10.6 Å². The van der Waals surface area contributed by atoms with Crippen LogP contribution in [0.3, 0.4) is 0 Å². The van der Waals surface area contributed by atoms with Gasteiger partial charge in [0.15, 0.2) is 0 Å². The van der Waals surface area contributed by atoms with Crippen molar-refractivity contribution in [2.45, 2.75) is 32.2 Å². The van der Waals surface area contributed by atoms with Gasteiger partial charge >= 0.3 is 5.97 Å². The van der Waals surface area contributed by atoms with E-state index in [0.717, 1.165) is 19.4 Å². The molecule has 1 fully saturated rings. The third-order valence-corrected chi connectivity index (χ3v) is 2.83. The number of carbonyl (C=O) groups excluding carboxylic acids is 2. The molecule has 1 saturated heterocycles. The molecular weight excluding hydrogens is 220 g/mol. The zero-order chi connectivity index (χ0) is 12.7. The summed E-state index contributed by atoms with van der Waals surface area (Å²) in [5.41, 5.74) is 0.635. The highest BCUT2D eigenvalue weighted by Crippen LogP contribution is 2.04. The summed E-state index contributed by atoms with van der Waals surface area (Å²) in [5.74, 6) is -0.261. The van der Waals surface area contributed by atoms with E-state index in [1.165, 1.54) is 7.11 Å². The van der Waals surface area contributed by atoms with Crippen LogP contribution < -0.4 is 10.6 Å². The van der Waals surface area contributed by atoms with Crippen molar-refractivity contribution in [3.8, 4) is 0 Å². The van der Waals surface area contributed by atoms with Gasteiger partial charge in [-0.15, -0.1) is 0 Å². The largest absolute Gasteiger partial charge is 0.466 e. The molecule has 5 heteroatoms. The molecule has 96 valence electrons. The van der Waals surface area contributed by atoms with Gasteiger partial charge in [-0.2, -0.15) is 0 Å². The highest BCUT2D eigenvalue weighted by molar-refractivity contribution is 5.88. The summed E-state index contributed by atoms with van der Waals surface area (Å²) >= 11 is 0.